The van der Waals surface area contributed by atoms with Gasteiger partial charge in [0.25, 0.3) is 0 Å². The summed E-state index contributed by atoms with van der Waals surface area (Å²) in [4.78, 5) is 7.58. The number of aromatic nitrogens is 2. The minimum absolute atomic E-state index is 0.337. The lowest BCUT2D eigenvalue weighted by Gasteiger charge is -2.00. The highest BCUT2D eigenvalue weighted by Crippen LogP contribution is 2.08. The average Bonchev–Trinajstić information content (AvgIpc) is 1.88. The van der Waals surface area contributed by atoms with Crippen LogP contribution in [-0.4, -0.2) is 15.1 Å². The normalized spacial score (nSPS) is 13.1. The Hall–Kier alpha value is -0.670. The molecule has 1 heterocycles. The monoisotopic (exact) mass is 158 g/mol. The van der Waals surface area contributed by atoms with Crippen molar-refractivity contribution in [2.45, 2.75) is 13.0 Å². The third kappa shape index (κ3) is 1.65. The maximum absolute atomic E-state index is 8.97. The molecule has 1 atom stereocenters. The first-order chi connectivity index (χ1) is 4.70. The molecule has 0 saturated carbocycles. The van der Waals surface area contributed by atoms with E-state index < -0.39 is 6.10 Å². The van der Waals surface area contributed by atoms with Gasteiger partial charge < -0.3 is 5.11 Å². The van der Waals surface area contributed by atoms with E-state index in [1.165, 1.54) is 12.4 Å². The standard InChI is InChI=1S/C6H7ClN2O/c1-4(10)5-2-9-6(7)3-8-5/h2-4,10H,1H3/t4-/m1/s1. The summed E-state index contributed by atoms with van der Waals surface area (Å²) in [5.41, 5.74) is 0.532. The van der Waals surface area contributed by atoms with Gasteiger partial charge in [-0.25, -0.2) is 4.98 Å². The Balaban J connectivity index is 2.89. The Kier molecular flexibility index (Phi) is 2.19. The van der Waals surface area contributed by atoms with Crippen LogP contribution in [0, 0.1) is 0 Å². The lowest BCUT2D eigenvalue weighted by Crippen LogP contribution is -1.95. The Morgan fingerprint density at radius 3 is 2.60 bits per heavy atom. The summed E-state index contributed by atoms with van der Waals surface area (Å²) >= 11 is 5.46. The third-order valence-corrected chi connectivity index (χ3v) is 1.26. The largest absolute Gasteiger partial charge is 0.387 e. The molecular weight excluding hydrogens is 152 g/mol. The molecule has 1 aromatic heterocycles. The fraction of sp³-hybridized carbons (Fsp3) is 0.333. The van der Waals surface area contributed by atoms with Crippen LogP contribution in [0.5, 0.6) is 0 Å². The van der Waals surface area contributed by atoms with E-state index in [-0.39, 0.29) is 0 Å². The zero-order valence-corrected chi connectivity index (χ0v) is 6.21. The molecule has 0 aliphatic heterocycles. The molecule has 0 saturated heterocycles. The predicted octanol–water partition coefficient (Wildman–Crippen LogP) is 1.18. The summed E-state index contributed by atoms with van der Waals surface area (Å²) in [6.07, 6.45) is 2.28. The molecule has 0 radical (unpaired) electrons. The van der Waals surface area contributed by atoms with E-state index >= 15 is 0 Å². The molecule has 0 fully saturated rings. The molecular formula is C6H7ClN2O. The molecule has 0 aromatic carbocycles. The summed E-state index contributed by atoms with van der Waals surface area (Å²) < 4.78 is 0. The second kappa shape index (κ2) is 2.94. The minimum Gasteiger partial charge on any atom is -0.387 e. The maximum Gasteiger partial charge on any atom is 0.147 e. The fourth-order valence-electron chi connectivity index (χ4n) is 0.538. The van der Waals surface area contributed by atoms with Gasteiger partial charge in [-0.3, -0.25) is 4.98 Å². The van der Waals surface area contributed by atoms with Crippen molar-refractivity contribution in [1.82, 2.24) is 9.97 Å². The van der Waals surface area contributed by atoms with Crippen molar-refractivity contribution in [3.05, 3.63) is 23.2 Å². The van der Waals surface area contributed by atoms with E-state index in [1.807, 2.05) is 0 Å². The SMILES string of the molecule is C[C@@H](O)c1cnc(Cl)cn1. The molecule has 0 unspecified atom stereocenters. The van der Waals surface area contributed by atoms with Crippen molar-refractivity contribution in [2.24, 2.45) is 0 Å². The Morgan fingerprint density at radius 1 is 1.50 bits per heavy atom. The molecule has 0 bridgehead atoms. The molecule has 10 heavy (non-hydrogen) atoms. The first-order valence-electron chi connectivity index (χ1n) is 2.85. The maximum atomic E-state index is 8.97. The van der Waals surface area contributed by atoms with Crippen LogP contribution in [0.1, 0.15) is 18.7 Å². The summed E-state index contributed by atoms with van der Waals surface area (Å²) in [7, 11) is 0. The molecule has 0 aliphatic rings. The quantitative estimate of drug-likeness (QED) is 0.668. The first kappa shape index (κ1) is 7.44. The van der Waals surface area contributed by atoms with E-state index in [1.54, 1.807) is 6.92 Å². The summed E-state index contributed by atoms with van der Waals surface area (Å²) in [6, 6.07) is 0. The summed E-state index contributed by atoms with van der Waals surface area (Å²) in [5.74, 6) is 0. The van der Waals surface area contributed by atoms with Gasteiger partial charge in [0.2, 0.25) is 0 Å². The Labute approximate surface area is 63.7 Å². The van der Waals surface area contributed by atoms with Gasteiger partial charge in [-0.2, -0.15) is 0 Å². The van der Waals surface area contributed by atoms with Gasteiger partial charge in [0.05, 0.1) is 24.2 Å². The van der Waals surface area contributed by atoms with Gasteiger partial charge in [-0.1, -0.05) is 11.6 Å². The van der Waals surface area contributed by atoms with Gasteiger partial charge in [0.1, 0.15) is 5.15 Å². The molecule has 54 valence electrons. The predicted molar refractivity (Wildman–Crippen MR) is 37.7 cm³/mol. The minimum atomic E-state index is -0.579. The number of aliphatic hydroxyl groups is 1. The van der Waals surface area contributed by atoms with Crippen molar-refractivity contribution in [3.63, 3.8) is 0 Å². The van der Waals surface area contributed by atoms with Crippen LogP contribution >= 0.6 is 11.6 Å². The van der Waals surface area contributed by atoms with Crippen molar-refractivity contribution >= 4 is 11.6 Å². The summed E-state index contributed by atoms with van der Waals surface area (Å²) in [5, 5.41) is 9.31. The average molecular weight is 159 g/mol. The van der Waals surface area contributed by atoms with Crippen LogP contribution in [-0.2, 0) is 0 Å². The van der Waals surface area contributed by atoms with Crippen LogP contribution in [0.25, 0.3) is 0 Å². The molecule has 0 spiro atoms. The number of nitrogens with zero attached hydrogens (tertiary/aromatic N) is 2. The number of rotatable bonds is 1. The molecule has 1 rings (SSSR count). The van der Waals surface area contributed by atoms with Crippen LogP contribution in [0.15, 0.2) is 12.4 Å². The van der Waals surface area contributed by atoms with E-state index in [9.17, 15) is 0 Å². The topological polar surface area (TPSA) is 46.0 Å². The highest BCUT2D eigenvalue weighted by molar-refractivity contribution is 6.29. The second-order valence-corrected chi connectivity index (χ2v) is 2.33. The third-order valence-electron chi connectivity index (χ3n) is 1.07. The lowest BCUT2D eigenvalue weighted by molar-refractivity contribution is 0.194. The molecule has 3 nitrogen and oxygen atoms in total. The van der Waals surface area contributed by atoms with Gasteiger partial charge in [-0.15, -0.1) is 0 Å². The van der Waals surface area contributed by atoms with Crippen molar-refractivity contribution in [2.75, 3.05) is 0 Å². The second-order valence-electron chi connectivity index (χ2n) is 1.94. The van der Waals surface area contributed by atoms with Crippen LogP contribution in [0.3, 0.4) is 0 Å². The summed E-state index contributed by atoms with van der Waals surface area (Å²) in [6.45, 7) is 1.62. The lowest BCUT2D eigenvalue weighted by atomic mass is 10.3. The first-order valence-corrected chi connectivity index (χ1v) is 3.23. The van der Waals surface area contributed by atoms with E-state index in [2.05, 4.69) is 9.97 Å². The van der Waals surface area contributed by atoms with Crippen molar-refractivity contribution in [3.8, 4) is 0 Å². The van der Waals surface area contributed by atoms with Gasteiger partial charge in [0, 0.05) is 0 Å². The fourth-order valence-corrected chi connectivity index (χ4v) is 0.636. The number of hydrogen-bond donors (Lipinski definition) is 1. The molecule has 1 N–H and O–H groups in total. The van der Waals surface area contributed by atoms with Crippen LogP contribution < -0.4 is 0 Å². The van der Waals surface area contributed by atoms with Crippen molar-refractivity contribution < 1.29 is 5.11 Å². The smallest absolute Gasteiger partial charge is 0.147 e. The number of halogens is 1. The molecule has 0 aliphatic carbocycles. The highest BCUT2D eigenvalue weighted by atomic mass is 35.5. The van der Waals surface area contributed by atoms with Crippen LogP contribution in [0.2, 0.25) is 5.15 Å². The Bertz CT molecular complexity index is 209. The highest BCUT2D eigenvalue weighted by Gasteiger charge is 2.00. The number of hydrogen-bond acceptors (Lipinski definition) is 3. The number of aliphatic hydroxyl groups excluding tert-OH is 1. The zero-order valence-electron chi connectivity index (χ0n) is 5.45. The molecule has 1 aromatic rings. The van der Waals surface area contributed by atoms with Gasteiger partial charge >= 0.3 is 0 Å². The van der Waals surface area contributed by atoms with E-state index in [4.69, 9.17) is 16.7 Å². The molecule has 4 heteroatoms. The van der Waals surface area contributed by atoms with Gasteiger partial charge in [-0.05, 0) is 6.92 Å². The van der Waals surface area contributed by atoms with Crippen molar-refractivity contribution in [1.29, 1.82) is 0 Å². The van der Waals surface area contributed by atoms with E-state index in [0.717, 1.165) is 0 Å². The Morgan fingerprint density at radius 2 is 2.20 bits per heavy atom. The van der Waals surface area contributed by atoms with Gasteiger partial charge in [0.15, 0.2) is 0 Å². The molecule has 0 amide bonds. The van der Waals surface area contributed by atoms with E-state index in [0.29, 0.717) is 10.8 Å². The zero-order chi connectivity index (χ0) is 7.56. The van der Waals surface area contributed by atoms with Crippen LogP contribution in [0.4, 0.5) is 0 Å².